The van der Waals surface area contributed by atoms with Crippen molar-refractivity contribution in [3.05, 3.63) is 109 Å². The quantitative estimate of drug-likeness (QED) is 0.445. The van der Waals surface area contributed by atoms with E-state index in [4.69, 9.17) is 5.11 Å². The molecule has 0 aliphatic rings. The molecule has 2 aromatic rings. The van der Waals surface area contributed by atoms with Gasteiger partial charge >= 0.3 is 11.9 Å². The summed E-state index contributed by atoms with van der Waals surface area (Å²) in [7, 11) is 0. The van der Waals surface area contributed by atoms with E-state index in [2.05, 4.69) is 31.1 Å². The van der Waals surface area contributed by atoms with Crippen molar-refractivity contribution in [3.63, 3.8) is 0 Å². The molecule has 0 unspecified atom stereocenters. The summed E-state index contributed by atoms with van der Waals surface area (Å²) in [4.78, 5) is 20.5. The summed E-state index contributed by atoms with van der Waals surface area (Å²) in [5.74, 6) is -1.32. The molecule has 0 saturated heterocycles. The van der Waals surface area contributed by atoms with Crippen LogP contribution in [0.2, 0.25) is 0 Å². The van der Waals surface area contributed by atoms with Crippen molar-refractivity contribution in [1.82, 2.24) is 0 Å². The third-order valence-electron chi connectivity index (χ3n) is 3.49. The number of hydrogen-bond donors (Lipinski definition) is 1. The number of benzene rings is 2. The van der Waals surface area contributed by atoms with Gasteiger partial charge in [0.05, 0.1) is 6.61 Å². The van der Waals surface area contributed by atoms with Crippen LogP contribution < -0.4 is 0 Å². The van der Waals surface area contributed by atoms with Crippen LogP contribution in [0.5, 0.6) is 0 Å². The fourth-order valence-corrected chi connectivity index (χ4v) is 2.11. The third kappa shape index (κ3) is 11.0. The monoisotopic (exact) mass is 404 g/mol. The highest BCUT2D eigenvalue weighted by atomic mass is 16.5. The topological polar surface area (TPSA) is 63.6 Å². The Balaban J connectivity index is 0.000000471. The Labute approximate surface area is 178 Å². The molecule has 4 heteroatoms. The minimum atomic E-state index is -0.964. The molecule has 4 nitrogen and oxygen atoms in total. The molecule has 0 aliphatic carbocycles. The maximum absolute atomic E-state index is 10.4. The van der Waals surface area contributed by atoms with Gasteiger partial charge in [-0.05, 0) is 35.3 Å². The number of rotatable bonds is 7. The Kier molecular flexibility index (Phi) is 14.0. The number of esters is 1. The first-order valence-corrected chi connectivity index (χ1v) is 9.18. The van der Waals surface area contributed by atoms with Crippen LogP contribution in [0.4, 0.5) is 0 Å². The van der Waals surface area contributed by atoms with Crippen molar-refractivity contribution in [2.24, 2.45) is 0 Å². The Morgan fingerprint density at radius 3 is 1.93 bits per heavy atom. The average molecular weight is 405 g/mol. The second-order valence-electron chi connectivity index (χ2n) is 5.50. The van der Waals surface area contributed by atoms with Gasteiger partial charge in [0, 0.05) is 12.2 Å². The minimum Gasteiger partial charge on any atom is -0.478 e. The molecule has 0 atom stereocenters. The van der Waals surface area contributed by atoms with E-state index >= 15 is 0 Å². The van der Waals surface area contributed by atoms with E-state index in [1.54, 1.807) is 25.2 Å². The van der Waals surface area contributed by atoms with E-state index in [9.17, 15) is 9.59 Å². The smallest absolute Gasteiger partial charge is 0.330 e. The summed E-state index contributed by atoms with van der Waals surface area (Å²) in [6.07, 6.45) is 9.04. The van der Waals surface area contributed by atoms with E-state index in [0.717, 1.165) is 28.8 Å². The first kappa shape index (κ1) is 26.1. The number of hydrogen-bond acceptors (Lipinski definition) is 3. The Bertz CT molecular complexity index is 877. The van der Waals surface area contributed by atoms with E-state index in [-0.39, 0.29) is 5.97 Å². The molecule has 2 aromatic carbocycles. The van der Waals surface area contributed by atoms with Crippen molar-refractivity contribution in [3.8, 4) is 0 Å². The van der Waals surface area contributed by atoms with E-state index in [0.29, 0.717) is 6.61 Å². The van der Waals surface area contributed by atoms with Crippen molar-refractivity contribution in [2.45, 2.75) is 6.92 Å². The summed E-state index contributed by atoms with van der Waals surface area (Å²) in [5.41, 5.74) is 3.83. The molecule has 156 valence electrons. The van der Waals surface area contributed by atoms with E-state index in [1.807, 2.05) is 54.6 Å². The average Bonchev–Trinajstić information content (AvgIpc) is 2.78. The van der Waals surface area contributed by atoms with Crippen molar-refractivity contribution < 1.29 is 19.4 Å². The van der Waals surface area contributed by atoms with Gasteiger partial charge in [-0.1, -0.05) is 93.1 Å². The summed E-state index contributed by atoms with van der Waals surface area (Å²) in [5, 5.41) is 8.53. The molecule has 1 N–H and O–H groups in total. The van der Waals surface area contributed by atoms with E-state index in [1.165, 1.54) is 5.56 Å². The van der Waals surface area contributed by atoms with Crippen LogP contribution in [0.25, 0.3) is 24.3 Å². The molecular weight excluding hydrogens is 376 g/mol. The molecule has 0 amide bonds. The van der Waals surface area contributed by atoms with Gasteiger partial charge in [0.1, 0.15) is 0 Å². The number of ether oxygens (including phenoxy) is 1. The highest BCUT2D eigenvalue weighted by Crippen LogP contribution is 2.18. The van der Waals surface area contributed by atoms with Crippen molar-refractivity contribution in [2.75, 3.05) is 6.61 Å². The van der Waals surface area contributed by atoms with Gasteiger partial charge in [0.2, 0.25) is 0 Å². The molecule has 0 heterocycles. The lowest BCUT2D eigenvalue weighted by molar-refractivity contribution is -0.137. The molecule has 0 fully saturated rings. The van der Waals surface area contributed by atoms with Crippen LogP contribution in [-0.2, 0) is 14.3 Å². The van der Waals surface area contributed by atoms with Gasteiger partial charge in [0.15, 0.2) is 0 Å². The first-order chi connectivity index (χ1) is 14.4. The van der Waals surface area contributed by atoms with Crippen LogP contribution in [0, 0.1) is 0 Å². The molecule has 0 aromatic heterocycles. The van der Waals surface area contributed by atoms with Crippen LogP contribution in [0.15, 0.2) is 87.0 Å². The number of aliphatic carboxylic acids is 1. The highest BCUT2D eigenvalue weighted by molar-refractivity contribution is 5.87. The van der Waals surface area contributed by atoms with Gasteiger partial charge in [-0.2, -0.15) is 0 Å². The maximum atomic E-state index is 10.4. The zero-order valence-electron chi connectivity index (χ0n) is 17.3. The van der Waals surface area contributed by atoms with Gasteiger partial charge in [-0.25, -0.2) is 9.59 Å². The summed E-state index contributed by atoms with van der Waals surface area (Å²) in [6, 6.07) is 15.6. The first-order valence-electron chi connectivity index (χ1n) is 9.18. The minimum absolute atomic E-state index is 0.359. The lowest BCUT2D eigenvalue weighted by Gasteiger charge is -2.04. The molecule has 0 saturated carbocycles. The molecule has 0 spiro atoms. The molecular formula is C26H28O4. The van der Waals surface area contributed by atoms with Gasteiger partial charge in [0.25, 0.3) is 0 Å². The molecule has 0 radical (unpaired) electrons. The summed E-state index contributed by atoms with van der Waals surface area (Å²) in [6.45, 7) is 16.4. The Hall–Kier alpha value is -3.92. The maximum Gasteiger partial charge on any atom is 0.330 e. The zero-order chi connectivity index (χ0) is 22.8. The predicted octanol–water partition coefficient (Wildman–Crippen LogP) is 6.14. The van der Waals surface area contributed by atoms with Gasteiger partial charge < -0.3 is 9.84 Å². The Morgan fingerprint density at radius 1 is 0.900 bits per heavy atom. The van der Waals surface area contributed by atoms with Gasteiger partial charge in [-0.3, -0.25) is 0 Å². The second kappa shape index (κ2) is 16.1. The summed E-state index contributed by atoms with van der Waals surface area (Å²) >= 11 is 0. The van der Waals surface area contributed by atoms with Crippen LogP contribution >= 0.6 is 0 Å². The lowest BCUT2D eigenvalue weighted by Crippen LogP contribution is -1.97. The Morgan fingerprint density at radius 2 is 1.53 bits per heavy atom. The van der Waals surface area contributed by atoms with Crippen LogP contribution in [0.3, 0.4) is 0 Å². The highest BCUT2D eigenvalue weighted by Gasteiger charge is 2.00. The molecule has 0 aliphatic heterocycles. The zero-order valence-corrected chi connectivity index (χ0v) is 17.3. The molecule has 0 bridgehead atoms. The predicted molar refractivity (Wildman–Crippen MR) is 127 cm³/mol. The fourth-order valence-electron chi connectivity index (χ4n) is 2.11. The third-order valence-corrected chi connectivity index (χ3v) is 3.49. The SMILES string of the molecule is C=CC(=O)OCC.C=Cc1cccc(C=CC(=O)O)c1C=C.C=Cc1ccccc1. The van der Waals surface area contributed by atoms with Crippen LogP contribution in [0.1, 0.15) is 29.2 Å². The normalized spacial score (nSPS) is 9.10. The number of carboxylic acid groups (broad SMARTS) is 1. The van der Waals surface area contributed by atoms with Crippen LogP contribution in [-0.4, -0.2) is 23.7 Å². The second-order valence-corrected chi connectivity index (χ2v) is 5.50. The lowest BCUT2D eigenvalue weighted by atomic mass is 10.0. The fraction of sp³-hybridized carbons (Fsp3) is 0.0769. The molecule has 30 heavy (non-hydrogen) atoms. The van der Waals surface area contributed by atoms with Crippen molar-refractivity contribution >= 4 is 36.2 Å². The molecule has 2 rings (SSSR count). The summed E-state index contributed by atoms with van der Waals surface area (Å²) < 4.78 is 4.43. The number of carbonyl (C=O) groups excluding carboxylic acids is 1. The van der Waals surface area contributed by atoms with E-state index < -0.39 is 5.97 Å². The number of carbonyl (C=O) groups is 2. The van der Waals surface area contributed by atoms with Crippen molar-refractivity contribution in [1.29, 1.82) is 0 Å². The standard InChI is InChI=1S/C13H12O2.C8H8.C5H8O2/c1-3-10-6-5-7-11(12(10)4-2)8-9-13(14)15;1-2-8-6-4-3-5-7-8;1-3-5(6)7-4-2/h3-9H,1-2H2,(H,14,15);2-7H,1H2;3H,1,4H2,2H3. The number of carboxylic acids is 1. The van der Waals surface area contributed by atoms with Gasteiger partial charge in [-0.15, -0.1) is 0 Å². The largest absolute Gasteiger partial charge is 0.478 e.